The van der Waals surface area contributed by atoms with Crippen molar-refractivity contribution < 1.29 is 10.2 Å². The van der Waals surface area contributed by atoms with Gasteiger partial charge in [0.1, 0.15) is 11.6 Å². The monoisotopic (exact) mass is 200 g/mol. The van der Waals surface area contributed by atoms with E-state index in [4.69, 9.17) is 10.5 Å². The highest BCUT2D eigenvalue weighted by Crippen LogP contribution is 2.33. The SMILES string of the molecule is C/C=C/c1c(C#N)cc(O)c(O)c1C#N. The molecule has 0 spiro atoms. The largest absolute Gasteiger partial charge is 0.504 e. The maximum absolute atomic E-state index is 9.41. The zero-order chi connectivity index (χ0) is 11.4. The second-order valence-electron chi connectivity index (χ2n) is 2.80. The lowest BCUT2D eigenvalue weighted by atomic mass is 10.00. The summed E-state index contributed by atoms with van der Waals surface area (Å²) in [4.78, 5) is 0. The standard InChI is InChI=1S/C11H8N2O2/c1-2-3-8-7(5-12)4-10(14)11(15)9(8)6-13/h2-4,14-15H,1H3/b3-2+. The van der Waals surface area contributed by atoms with E-state index in [1.54, 1.807) is 19.1 Å². The Hall–Kier alpha value is -2.46. The highest BCUT2D eigenvalue weighted by atomic mass is 16.3. The van der Waals surface area contributed by atoms with Gasteiger partial charge in [0.2, 0.25) is 0 Å². The zero-order valence-electron chi connectivity index (χ0n) is 8.02. The highest BCUT2D eigenvalue weighted by molar-refractivity contribution is 5.71. The van der Waals surface area contributed by atoms with E-state index in [9.17, 15) is 10.2 Å². The summed E-state index contributed by atoms with van der Waals surface area (Å²) >= 11 is 0. The molecule has 4 nitrogen and oxygen atoms in total. The Labute approximate surface area is 86.9 Å². The Balaban J connectivity index is 3.68. The molecule has 4 heteroatoms. The van der Waals surface area contributed by atoms with Gasteiger partial charge in [-0.1, -0.05) is 12.2 Å². The Bertz CT molecular complexity index is 505. The van der Waals surface area contributed by atoms with Crippen LogP contribution < -0.4 is 0 Å². The van der Waals surface area contributed by atoms with Gasteiger partial charge < -0.3 is 10.2 Å². The molecule has 0 saturated carbocycles. The number of phenols is 2. The normalized spacial score (nSPS) is 9.80. The fourth-order valence-electron chi connectivity index (χ4n) is 1.22. The van der Waals surface area contributed by atoms with Crippen molar-refractivity contribution in [1.82, 2.24) is 0 Å². The molecule has 0 heterocycles. The molecule has 0 aliphatic heterocycles. The van der Waals surface area contributed by atoms with E-state index in [0.29, 0.717) is 5.56 Å². The number of hydrogen-bond acceptors (Lipinski definition) is 4. The molecule has 0 saturated heterocycles. The molecule has 1 aromatic rings. The third-order valence-corrected chi connectivity index (χ3v) is 1.89. The van der Waals surface area contributed by atoms with Crippen molar-refractivity contribution in [2.45, 2.75) is 6.92 Å². The van der Waals surface area contributed by atoms with Crippen LogP contribution in [0.2, 0.25) is 0 Å². The first-order valence-corrected chi connectivity index (χ1v) is 4.17. The predicted octanol–water partition coefficient (Wildman–Crippen LogP) is 1.87. The van der Waals surface area contributed by atoms with Crippen LogP contribution in [0.3, 0.4) is 0 Å². The number of benzene rings is 1. The van der Waals surface area contributed by atoms with Gasteiger partial charge in [0.25, 0.3) is 0 Å². The van der Waals surface area contributed by atoms with Crippen molar-refractivity contribution in [1.29, 1.82) is 10.5 Å². The maximum Gasteiger partial charge on any atom is 0.176 e. The fourth-order valence-corrected chi connectivity index (χ4v) is 1.22. The van der Waals surface area contributed by atoms with E-state index in [2.05, 4.69) is 0 Å². The molecule has 0 aliphatic carbocycles. The minimum atomic E-state index is -0.496. The minimum absolute atomic E-state index is 0.0929. The van der Waals surface area contributed by atoms with Gasteiger partial charge in [0.15, 0.2) is 11.5 Å². The topological polar surface area (TPSA) is 88.0 Å². The molecule has 15 heavy (non-hydrogen) atoms. The van der Waals surface area contributed by atoms with Gasteiger partial charge in [-0.05, 0) is 6.92 Å². The van der Waals surface area contributed by atoms with Gasteiger partial charge >= 0.3 is 0 Å². The first-order chi connectivity index (χ1) is 7.15. The molecule has 0 amide bonds. The summed E-state index contributed by atoms with van der Waals surface area (Å²) in [5.41, 5.74) is 0.377. The van der Waals surface area contributed by atoms with Gasteiger partial charge in [0.05, 0.1) is 11.6 Å². The first-order valence-electron chi connectivity index (χ1n) is 4.17. The molecule has 0 aliphatic rings. The van der Waals surface area contributed by atoms with Crippen LogP contribution >= 0.6 is 0 Å². The van der Waals surface area contributed by atoms with Crippen LogP contribution in [-0.2, 0) is 0 Å². The van der Waals surface area contributed by atoms with Crippen LogP contribution in [0.1, 0.15) is 23.6 Å². The van der Waals surface area contributed by atoms with Crippen molar-refractivity contribution >= 4 is 6.08 Å². The Kier molecular flexibility index (Phi) is 2.95. The number of allylic oxidation sites excluding steroid dienone is 1. The van der Waals surface area contributed by atoms with Crippen molar-refractivity contribution in [3.8, 4) is 23.6 Å². The summed E-state index contributed by atoms with van der Waals surface area (Å²) < 4.78 is 0. The summed E-state index contributed by atoms with van der Waals surface area (Å²) in [5, 5.41) is 36.3. The molecular weight excluding hydrogens is 192 g/mol. The van der Waals surface area contributed by atoms with Crippen LogP contribution in [-0.4, -0.2) is 10.2 Å². The lowest BCUT2D eigenvalue weighted by Crippen LogP contribution is -1.90. The lowest BCUT2D eigenvalue weighted by molar-refractivity contribution is 0.402. The lowest BCUT2D eigenvalue weighted by Gasteiger charge is -2.05. The summed E-state index contributed by atoms with van der Waals surface area (Å²) in [6, 6.07) is 4.73. The van der Waals surface area contributed by atoms with Gasteiger partial charge in [-0.25, -0.2) is 0 Å². The number of aromatic hydroxyl groups is 2. The van der Waals surface area contributed by atoms with Crippen molar-refractivity contribution in [3.05, 3.63) is 28.8 Å². The van der Waals surface area contributed by atoms with Gasteiger partial charge in [-0.2, -0.15) is 10.5 Å². The van der Waals surface area contributed by atoms with Crippen LogP contribution in [0.25, 0.3) is 6.08 Å². The van der Waals surface area contributed by atoms with E-state index in [1.165, 1.54) is 6.08 Å². The predicted molar refractivity (Wildman–Crippen MR) is 53.9 cm³/mol. The molecule has 1 rings (SSSR count). The van der Waals surface area contributed by atoms with Crippen molar-refractivity contribution in [2.24, 2.45) is 0 Å². The summed E-state index contributed by atoms with van der Waals surface area (Å²) in [5.74, 6) is -0.957. The smallest absolute Gasteiger partial charge is 0.176 e. The van der Waals surface area contributed by atoms with Gasteiger partial charge in [-0.15, -0.1) is 0 Å². The number of hydrogen-bond donors (Lipinski definition) is 2. The zero-order valence-corrected chi connectivity index (χ0v) is 8.02. The molecule has 0 bridgehead atoms. The van der Waals surface area contributed by atoms with E-state index < -0.39 is 11.5 Å². The second-order valence-corrected chi connectivity index (χ2v) is 2.80. The summed E-state index contributed by atoms with van der Waals surface area (Å²) in [6.45, 7) is 1.73. The molecule has 2 N–H and O–H groups in total. The van der Waals surface area contributed by atoms with Gasteiger partial charge in [0, 0.05) is 11.6 Å². The van der Waals surface area contributed by atoms with Crippen LogP contribution in [0.4, 0.5) is 0 Å². The molecule has 74 valence electrons. The van der Waals surface area contributed by atoms with Crippen molar-refractivity contribution in [3.63, 3.8) is 0 Å². The van der Waals surface area contributed by atoms with Crippen LogP contribution in [0.5, 0.6) is 11.5 Å². The number of rotatable bonds is 1. The van der Waals surface area contributed by atoms with E-state index >= 15 is 0 Å². The third-order valence-electron chi connectivity index (χ3n) is 1.89. The average molecular weight is 200 g/mol. The first kappa shape index (κ1) is 10.6. The third kappa shape index (κ3) is 1.74. The second kappa shape index (κ2) is 4.17. The number of nitrogens with zero attached hydrogens (tertiary/aromatic N) is 2. The molecular formula is C11H8N2O2. The number of nitriles is 2. The molecule has 0 aromatic heterocycles. The summed E-state index contributed by atoms with van der Waals surface area (Å²) in [7, 11) is 0. The summed E-state index contributed by atoms with van der Waals surface area (Å²) in [6.07, 6.45) is 3.18. The van der Waals surface area contributed by atoms with Crippen molar-refractivity contribution in [2.75, 3.05) is 0 Å². The molecule has 0 atom stereocenters. The van der Waals surface area contributed by atoms with Gasteiger partial charge in [-0.3, -0.25) is 0 Å². The Morgan fingerprint density at radius 2 is 1.93 bits per heavy atom. The molecule has 0 radical (unpaired) electrons. The van der Waals surface area contributed by atoms with Crippen LogP contribution in [0, 0.1) is 22.7 Å². The van der Waals surface area contributed by atoms with E-state index in [-0.39, 0.29) is 11.1 Å². The molecule has 0 fully saturated rings. The Morgan fingerprint density at radius 1 is 1.27 bits per heavy atom. The van der Waals surface area contributed by atoms with E-state index in [0.717, 1.165) is 6.07 Å². The van der Waals surface area contributed by atoms with E-state index in [1.807, 2.05) is 6.07 Å². The fraction of sp³-hybridized carbons (Fsp3) is 0.0909. The van der Waals surface area contributed by atoms with Crippen LogP contribution in [0.15, 0.2) is 12.1 Å². The quantitative estimate of drug-likeness (QED) is 0.677. The highest BCUT2D eigenvalue weighted by Gasteiger charge is 2.14. The maximum atomic E-state index is 9.41. The minimum Gasteiger partial charge on any atom is -0.504 e. The Morgan fingerprint density at radius 3 is 2.40 bits per heavy atom. The average Bonchev–Trinajstić information content (AvgIpc) is 2.24. The number of phenolic OH excluding ortho intramolecular Hbond substituents is 2. The molecule has 0 unspecified atom stereocenters. The molecule has 1 aromatic carbocycles.